The van der Waals surface area contributed by atoms with Gasteiger partial charge in [0.2, 0.25) is 5.91 Å². The van der Waals surface area contributed by atoms with Gasteiger partial charge in [0.1, 0.15) is 0 Å². The van der Waals surface area contributed by atoms with Gasteiger partial charge in [0.05, 0.1) is 25.1 Å². The molecule has 0 radical (unpaired) electrons. The fraction of sp³-hybridized carbons (Fsp3) is 0.765. The molecule has 0 N–H and O–H groups in total. The quantitative estimate of drug-likeness (QED) is 0.845. The number of likely N-dealkylation sites (tertiary alicyclic amines) is 2. The third-order valence-corrected chi connectivity index (χ3v) is 6.13. The molecule has 2 aliphatic heterocycles. The van der Waals surface area contributed by atoms with Gasteiger partial charge in [0, 0.05) is 32.3 Å². The Kier molecular flexibility index (Phi) is 3.67. The van der Waals surface area contributed by atoms with Crippen molar-refractivity contribution < 1.29 is 13.6 Å². The minimum absolute atomic E-state index is 0.0133. The topological polar surface area (TPSA) is 41.4 Å². The number of rotatable bonds is 3. The Morgan fingerprint density at radius 1 is 1.33 bits per heavy atom. The van der Waals surface area contributed by atoms with Crippen molar-refractivity contribution in [2.75, 3.05) is 26.2 Å². The van der Waals surface area contributed by atoms with Crippen molar-refractivity contribution in [2.24, 2.45) is 18.4 Å². The summed E-state index contributed by atoms with van der Waals surface area (Å²) in [6, 6.07) is 0. The predicted molar refractivity (Wildman–Crippen MR) is 84.4 cm³/mol. The van der Waals surface area contributed by atoms with Gasteiger partial charge >= 0.3 is 0 Å². The van der Waals surface area contributed by atoms with Crippen LogP contribution in [0.5, 0.6) is 0 Å². The number of hydrogen-bond donors (Lipinski definition) is 0. The van der Waals surface area contributed by atoms with Crippen molar-refractivity contribution in [3.8, 4) is 0 Å². The van der Waals surface area contributed by atoms with Gasteiger partial charge in [-0.05, 0) is 31.2 Å². The molecule has 1 amide bonds. The number of nitrogens with zero attached hydrogens (tertiary/aromatic N) is 4. The second kappa shape index (κ2) is 5.51. The van der Waals surface area contributed by atoms with E-state index in [-0.39, 0.29) is 17.2 Å². The minimum atomic E-state index is -2.68. The largest absolute Gasteiger partial charge is 0.337 e. The molecule has 0 bridgehead atoms. The van der Waals surface area contributed by atoms with Crippen LogP contribution in [0.4, 0.5) is 8.78 Å². The average Bonchev–Trinajstić information content (AvgIpc) is 3.20. The highest BCUT2D eigenvalue weighted by molar-refractivity contribution is 5.81. The SMILES string of the molecule is Cn1cncc1CN1CC[C@@]2(CCC[C@@H]2C(=O)N2CC(F)(F)C2)C1. The van der Waals surface area contributed by atoms with Crippen molar-refractivity contribution in [3.05, 3.63) is 18.2 Å². The van der Waals surface area contributed by atoms with E-state index in [4.69, 9.17) is 0 Å². The highest BCUT2D eigenvalue weighted by Gasteiger charge is 2.55. The molecule has 0 aromatic carbocycles. The van der Waals surface area contributed by atoms with Crippen molar-refractivity contribution in [1.82, 2.24) is 19.4 Å². The van der Waals surface area contributed by atoms with E-state index in [1.54, 1.807) is 6.33 Å². The lowest BCUT2D eigenvalue weighted by molar-refractivity contribution is -0.172. The Labute approximate surface area is 140 Å². The van der Waals surface area contributed by atoms with Gasteiger partial charge in [-0.2, -0.15) is 0 Å². The molecule has 1 aromatic heterocycles. The van der Waals surface area contributed by atoms with E-state index >= 15 is 0 Å². The van der Waals surface area contributed by atoms with E-state index in [0.717, 1.165) is 51.0 Å². The second-order valence-corrected chi connectivity index (χ2v) is 7.81. The van der Waals surface area contributed by atoms with Crippen molar-refractivity contribution >= 4 is 5.91 Å². The summed E-state index contributed by atoms with van der Waals surface area (Å²) >= 11 is 0. The second-order valence-electron chi connectivity index (χ2n) is 7.81. The van der Waals surface area contributed by atoms with Crippen LogP contribution in [0.1, 0.15) is 31.4 Å². The number of imidazole rings is 1. The summed E-state index contributed by atoms with van der Waals surface area (Å²) in [7, 11) is 1.99. The molecular formula is C17H24F2N4O. The van der Waals surface area contributed by atoms with E-state index < -0.39 is 19.0 Å². The van der Waals surface area contributed by atoms with E-state index in [9.17, 15) is 13.6 Å². The lowest BCUT2D eigenvalue weighted by atomic mass is 9.76. The van der Waals surface area contributed by atoms with Crippen LogP contribution < -0.4 is 0 Å². The first kappa shape index (κ1) is 16.0. The standard InChI is InChI=1S/C17H24F2N4O/c1-21-12-20-7-13(21)8-22-6-5-16(9-22)4-2-3-14(16)15(24)23-10-17(18,19)11-23/h7,12,14H,2-6,8-11H2,1H3/t14-,16+/m1/s1. The Balaban J connectivity index is 1.43. The van der Waals surface area contributed by atoms with Crippen molar-refractivity contribution in [1.29, 1.82) is 0 Å². The van der Waals surface area contributed by atoms with Crippen LogP contribution in [0.25, 0.3) is 0 Å². The Bertz CT molecular complexity index is 638. The molecule has 3 aliphatic rings. The number of aromatic nitrogens is 2. The van der Waals surface area contributed by atoms with Gasteiger partial charge in [-0.25, -0.2) is 13.8 Å². The Morgan fingerprint density at radius 3 is 2.79 bits per heavy atom. The van der Waals surface area contributed by atoms with E-state index in [1.807, 2.05) is 17.8 Å². The molecule has 24 heavy (non-hydrogen) atoms. The highest BCUT2D eigenvalue weighted by Crippen LogP contribution is 2.51. The lowest BCUT2D eigenvalue weighted by Crippen LogP contribution is -2.60. The summed E-state index contributed by atoms with van der Waals surface area (Å²) in [4.78, 5) is 20.6. The Hall–Kier alpha value is -1.50. The molecular weight excluding hydrogens is 314 g/mol. The summed E-state index contributed by atoms with van der Waals surface area (Å²) in [6.45, 7) is 1.90. The molecule has 5 nitrogen and oxygen atoms in total. The molecule has 3 fully saturated rings. The number of hydrogen-bond acceptors (Lipinski definition) is 3. The van der Waals surface area contributed by atoms with Crippen molar-refractivity contribution in [3.63, 3.8) is 0 Å². The molecule has 2 saturated heterocycles. The van der Waals surface area contributed by atoms with Gasteiger partial charge in [-0.15, -0.1) is 0 Å². The normalized spacial score (nSPS) is 32.5. The first-order valence-corrected chi connectivity index (χ1v) is 8.73. The van der Waals surface area contributed by atoms with Crippen LogP contribution in [-0.2, 0) is 18.4 Å². The maximum atomic E-state index is 13.1. The maximum absolute atomic E-state index is 13.1. The summed E-state index contributed by atoms with van der Waals surface area (Å²) < 4.78 is 28.2. The predicted octanol–water partition coefficient (Wildman–Crippen LogP) is 1.89. The summed E-state index contributed by atoms with van der Waals surface area (Å²) in [5.41, 5.74) is 1.15. The van der Waals surface area contributed by atoms with Crippen LogP contribution in [0.2, 0.25) is 0 Å². The first-order chi connectivity index (χ1) is 11.4. The van der Waals surface area contributed by atoms with Crippen molar-refractivity contribution in [2.45, 2.75) is 38.2 Å². The number of alkyl halides is 2. The van der Waals surface area contributed by atoms with E-state index in [2.05, 4.69) is 9.88 Å². The van der Waals surface area contributed by atoms with Crippen LogP contribution in [0.15, 0.2) is 12.5 Å². The number of amides is 1. The third-order valence-electron chi connectivity index (χ3n) is 6.13. The summed E-state index contributed by atoms with van der Waals surface area (Å²) in [5.74, 6) is -2.80. The van der Waals surface area contributed by atoms with Gasteiger partial charge < -0.3 is 9.47 Å². The monoisotopic (exact) mass is 338 g/mol. The van der Waals surface area contributed by atoms with Gasteiger partial charge in [0.15, 0.2) is 0 Å². The molecule has 1 aromatic rings. The zero-order valence-electron chi connectivity index (χ0n) is 14.0. The maximum Gasteiger partial charge on any atom is 0.282 e. The molecule has 4 rings (SSSR count). The van der Waals surface area contributed by atoms with Gasteiger partial charge in [-0.1, -0.05) is 6.42 Å². The van der Waals surface area contributed by atoms with Gasteiger partial charge in [0.25, 0.3) is 5.92 Å². The number of carbonyl (C=O) groups excluding carboxylic acids is 1. The summed E-state index contributed by atoms with van der Waals surface area (Å²) in [5, 5.41) is 0. The fourth-order valence-corrected chi connectivity index (χ4v) is 4.79. The first-order valence-electron chi connectivity index (χ1n) is 8.73. The number of aryl methyl sites for hydroxylation is 1. The zero-order chi connectivity index (χ0) is 16.9. The smallest absolute Gasteiger partial charge is 0.282 e. The third kappa shape index (κ3) is 2.62. The number of halogens is 2. The molecule has 132 valence electrons. The van der Waals surface area contributed by atoms with E-state index in [1.165, 1.54) is 4.90 Å². The molecule has 2 atom stereocenters. The fourth-order valence-electron chi connectivity index (χ4n) is 4.79. The average molecular weight is 338 g/mol. The lowest BCUT2D eigenvalue weighted by Gasteiger charge is -2.42. The highest BCUT2D eigenvalue weighted by atomic mass is 19.3. The minimum Gasteiger partial charge on any atom is -0.337 e. The molecule has 3 heterocycles. The molecule has 1 saturated carbocycles. The molecule has 1 spiro atoms. The van der Waals surface area contributed by atoms with Crippen LogP contribution >= 0.6 is 0 Å². The zero-order valence-corrected chi connectivity index (χ0v) is 14.0. The van der Waals surface area contributed by atoms with Crippen LogP contribution in [0, 0.1) is 11.3 Å². The summed E-state index contributed by atoms with van der Waals surface area (Å²) in [6.07, 6.45) is 7.58. The molecule has 0 unspecified atom stereocenters. The van der Waals surface area contributed by atoms with E-state index in [0.29, 0.717) is 0 Å². The van der Waals surface area contributed by atoms with Crippen LogP contribution in [0.3, 0.4) is 0 Å². The molecule has 7 heteroatoms. The van der Waals surface area contributed by atoms with Gasteiger partial charge in [-0.3, -0.25) is 9.69 Å². The molecule has 1 aliphatic carbocycles. The number of carbonyl (C=O) groups is 1. The van der Waals surface area contributed by atoms with Crippen LogP contribution in [-0.4, -0.2) is 57.4 Å². The Morgan fingerprint density at radius 2 is 2.12 bits per heavy atom.